The van der Waals surface area contributed by atoms with E-state index in [1.807, 2.05) is 36.4 Å². The summed E-state index contributed by atoms with van der Waals surface area (Å²) in [6.07, 6.45) is -0.00592. The van der Waals surface area contributed by atoms with Gasteiger partial charge in [-0.1, -0.05) is 42.5 Å². The quantitative estimate of drug-likeness (QED) is 0.326. The lowest BCUT2D eigenvalue weighted by Gasteiger charge is -2.28. The molecule has 0 aliphatic carbocycles. The maximum Gasteiger partial charge on any atom is 0.312 e. The molecule has 0 saturated heterocycles. The molecule has 170 valence electrons. The maximum atomic E-state index is 13.1. The van der Waals surface area contributed by atoms with Crippen LogP contribution in [-0.4, -0.2) is 25.0 Å². The van der Waals surface area contributed by atoms with Crippen LogP contribution < -0.4 is 19.8 Å². The second-order valence-electron chi connectivity index (χ2n) is 7.91. The third-order valence-corrected chi connectivity index (χ3v) is 5.68. The third kappa shape index (κ3) is 4.03. The predicted octanol–water partition coefficient (Wildman–Crippen LogP) is 4.49. The molecule has 2 heterocycles. The van der Waals surface area contributed by atoms with Crippen LogP contribution in [0.5, 0.6) is 11.5 Å². The van der Waals surface area contributed by atoms with Gasteiger partial charge < -0.3 is 18.8 Å². The molecule has 0 spiro atoms. The number of ether oxygens (including phenoxy) is 2. The Morgan fingerprint density at radius 1 is 1.00 bits per heavy atom. The number of hydrogen-bond donors (Lipinski definition) is 0. The first kappa shape index (κ1) is 21.5. The summed E-state index contributed by atoms with van der Waals surface area (Å²) in [4.78, 5) is 39.4. The normalized spacial score (nSPS) is 12.9. The highest BCUT2D eigenvalue weighted by Gasteiger charge is 2.25. The summed E-state index contributed by atoms with van der Waals surface area (Å²) < 4.78 is 16.8. The van der Waals surface area contributed by atoms with E-state index in [2.05, 4.69) is 0 Å². The van der Waals surface area contributed by atoms with Gasteiger partial charge in [-0.15, -0.1) is 0 Å². The maximum absolute atomic E-state index is 13.1. The van der Waals surface area contributed by atoms with Gasteiger partial charge in [0, 0.05) is 12.6 Å². The van der Waals surface area contributed by atoms with Crippen LogP contribution in [0.4, 0.5) is 5.69 Å². The summed E-state index contributed by atoms with van der Waals surface area (Å²) in [7, 11) is 0. The number of para-hydroxylation sites is 2. The molecular weight excluding hydrogens is 434 g/mol. The van der Waals surface area contributed by atoms with Crippen molar-refractivity contribution in [2.75, 3.05) is 18.1 Å². The molecule has 7 nitrogen and oxygen atoms in total. The average Bonchev–Trinajstić information content (AvgIpc) is 2.84. The first-order valence-electron chi connectivity index (χ1n) is 10.9. The molecule has 3 aromatic carbocycles. The van der Waals surface area contributed by atoms with Gasteiger partial charge in [-0.25, -0.2) is 0 Å². The van der Waals surface area contributed by atoms with Crippen LogP contribution in [0.3, 0.4) is 0 Å². The van der Waals surface area contributed by atoms with E-state index in [0.717, 1.165) is 5.56 Å². The third-order valence-electron chi connectivity index (χ3n) is 5.68. The largest absolute Gasteiger partial charge is 0.482 e. The first-order valence-corrected chi connectivity index (χ1v) is 10.9. The van der Waals surface area contributed by atoms with Gasteiger partial charge in [-0.05, 0) is 36.8 Å². The Balaban J connectivity index is 1.33. The van der Waals surface area contributed by atoms with E-state index in [1.54, 1.807) is 37.3 Å². The lowest BCUT2D eigenvalue weighted by molar-refractivity contribution is -0.134. The number of esters is 1. The molecule has 1 aliphatic rings. The second-order valence-corrected chi connectivity index (χ2v) is 7.91. The van der Waals surface area contributed by atoms with Crippen molar-refractivity contribution in [3.63, 3.8) is 0 Å². The Morgan fingerprint density at radius 3 is 2.59 bits per heavy atom. The lowest BCUT2D eigenvalue weighted by atomic mass is 10.0. The monoisotopic (exact) mass is 455 g/mol. The van der Waals surface area contributed by atoms with Crippen LogP contribution in [0.25, 0.3) is 22.1 Å². The van der Waals surface area contributed by atoms with Crippen molar-refractivity contribution >= 4 is 28.5 Å². The van der Waals surface area contributed by atoms with Crippen LogP contribution in [0.1, 0.15) is 12.2 Å². The molecule has 0 saturated carbocycles. The Bertz CT molecular complexity index is 1460. The molecule has 0 bridgehead atoms. The van der Waals surface area contributed by atoms with E-state index in [0.29, 0.717) is 33.7 Å². The highest BCUT2D eigenvalue weighted by molar-refractivity contribution is 5.98. The van der Waals surface area contributed by atoms with E-state index < -0.39 is 5.97 Å². The van der Waals surface area contributed by atoms with Crippen LogP contribution in [0.15, 0.2) is 82.0 Å². The van der Waals surface area contributed by atoms with Gasteiger partial charge in [0.1, 0.15) is 22.8 Å². The van der Waals surface area contributed by atoms with Crippen molar-refractivity contribution in [1.29, 1.82) is 0 Å². The second kappa shape index (κ2) is 8.86. The van der Waals surface area contributed by atoms with Crippen molar-refractivity contribution in [2.45, 2.75) is 13.3 Å². The van der Waals surface area contributed by atoms with Gasteiger partial charge in [0.2, 0.25) is 5.43 Å². The van der Waals surface area contributed by atoms with Crippen LogP contribution in [-0.2, 0) is 9.59 Å². The van der Waals surface area contributed by atoms with E-state index >= 15 is 0 Å². The number of nitrogens with zero attached hydrogens (tertiary/aromatic N) is 1. The molecule has 1 aliphatic heterocycles. The fourth-order valence-corrected chi connectivity index (χ4v) is 4.07. The highest BCUT2D eigenvalue weighted by atomic mass is 16.5. The SMILES string of the molecule is Cc1oc2cc(OC(=O)CCN3C(=O)COc4ccccc43)ccc2c(=O)c1-c1ccccc1. The number of anilines is 1. The molecule has 0 fully saturated rings. The van der Waals surface area contributed by atoms with Gasteiger partial charge in [-0.2, -0.15) is 0 Å². The summed E-state index contributed by atoms with van der Waals surface area (Å²) in [5.41, 5.74) is 2.11. The highest BCUT2D eigenvalue weighted by Crippen LogP contribution is 2.31. The van der Waals surface area contributed by atoms with E-state index in [9.17, 15) is 14.4 Å². The zero-order valence-electron chi connectivity index (χ0n) is 18.4. The minimum absolute atomic E-state index is 0.00592. The van der Waals surface area contributed by atoms with Crippen molar-refractivity contribution in [3.8, 4) is 22.6 Å². The molecule has 0 radical (unpaired) electrons. The zero-order valence-corrected chi connectivity index (χ0v) is 18.4. The molecule has 0 N–H and O–H groups in total. The first-order chi connectivity index (χ1) is 16.5. The van der Waals surface area contributed by atoms with Crippen molar-refractivity contribution in [2.24, 2.45) is 0 Å². The number of amides is 1. The Hall–Kier alpha value is -4.39. The number of rotatable bonds is 5. The number of benzene rings is 3. The minimum atomic E-state index is -0.504. The van der Waals surface area contributed by atoms with Crippen LogP contribution >= 0.6 is 0 Å². The Kier molecular flexibility index (Phi) is 5.59. The molecule has 0 unspecified atom stereocenters. The molecular formula is C27H21NO6. The zero-order chi connectivity index (χ0) is 23.7. The van der Waals surface area contributed by atoms with Gasteiger partial charge in [0.25, 0.3) is 5.91 Å². The number of carbonyl (C=O) groups is 2. The summed E-state index contributed by atoms with van der Waals surface area (Å²) in [6, 6.07) is 21.2. The Morgan fingerprint density at radius 2 is 1.76 bits per heavy atom. The van der Waals surface area contributed by atoms with Gasteiger partial charge >= 0.3 is 5.97 Å². The van der Waals surface area contributed by atoms with Crippen molar-refractivity contribution in [3.05, 3.63) is 88.8 Å². The van der Waals surface area contributed by atoms with Gasteiger partial charge in [0.15, 0.2) is 6.61 Å². The summed E-state index contributed by atoms with van der Waals surface area (Å²) >= 11 is 0. The fourth-order valence-electron chi connectivity index (χ4n) is 4.07. The molecule has 1 amide bonds. The van der Waals surface area contributed by atoms with E-state index in [4.69, 9.17) is 13.9 Å². The number of carbonyl (C=O) groups excluding carboxylic acids is 2. The standard InChI is InChI=1S/C27H21NO6/c1-17-26(18-7-3-2-4-8-18)27(31)20-12-11-19(15-23(20)33-17)34-25(30)13-14-28-21-9-5-6-10-22(21)32-16-24(28)29/h2-12,15H,13-14,16H2,1H3. The van der Waals surface area contributed by atoms with E-state index in [-0.39, 0.29) is 36.7 Å². The van der Waals surface area contributed by atoms with Gasteiger partial charge in [0.05, 0.1) is 23.1 Å². The average molecular weight is 455 g/mol. The molecule has 1 aromatic heterocycles. The smallest absolute Gasteiger partial charge is 0.312 e. The van der Waals surface area contributed by atoms with Crippen LogP contribution in [0.2, 0.25) is 0 Å². The number of hydrogen-bond acceptors (Lipinski definition) is 6. The molecule has 5 rings (SSSR count). The molecule has 4 aromatic rings. The van der Waals surface area contributed by atoms with Gasteiger partial charge in [-0.3, -0.25) is 14.4 Å². The fraction of sp³-hybridized carbons (Fsp3) is 0.148. The summed E-state index contributed by atoms with van der Waals surface area (Å²) in [6.45, 7) is 1.83. The molecule has 7 heteroatoms. The number of aryl methyl sites for hydroxylation is 1. The number of fused-ring (bicyclic) bond motifs is 2. The Labute approximate surface area is 195 Å². The molecule has 0 atom stereocenters. The topological polar surface area (TPSA) is 86.1 Å². The lowest BCUT2D eigenvalue weighted by Crippen LogP contribution is -2.40. The van der Waals surface area contributed by atoms with Crippen molar-refractivity contribution < 1.29 is 23.5 Å². The minimum Gasteiger partial charge on any atom is -0.482 e. The molecule has 34 heavy (non-hydrogen) atoms. The van der Waals surface area contributed by atoms with Crippen molar-refractivity contribution in [1.82, 2.24) is 0 Å². The van der Waals surface area contributed by atoms with E-state index in [1.165, 1.54) is 11.0 Å². The summed E-state index contributed by atoms with van der Waals surface area (Å²) in [5.74, 6) is 0.628. The summed E-state index contributed by atoms with van der Waals surface area (Å²) in [5, 5.41) is 0.403. The predicted molar refractivity (Wildman–Crippen MR) is 127 cm³/mol. The van der Waals surface area contributed by atoms with Crippen LogP contribution in [0, 0.1) is 6.92 Å².